The van der Waals surface area contributed by atoms with E-state index in [1.165, 1.54) is 13.8 Å². The predicted octanol–water partition coefficient (Wildman–Crippen LogP) is 2.80. The van der Waals surface area contributed by atoms with Crippen LogP contribution in [0, 0.1) is 0 Å². The molecule has 0 atom stereocenters. The summed E-state index contributed by atoms with van der Waals surface area (Å²) in [6.45, 7) is 2.82. The van der Waals surface area contributed by atoms with E-state index in [1.807, 2.05) is 0 Å². The van der Waals surface area contributed by atoms with Gasteiger partial charge in [0.15, 0.2) is 0 Å². The van der Waals surface area contributed by atoms with Crippen molar-refractivity contribution in [3.63, 3.8) is 0 Å². The van der Waals surface area contributed by atoms with Crippen LogP contribution in [0.15, 0.2) is 23.1 Å². The van der Waals surface area contributed by atoms with Crippen LogP contribution < -0.4 is 10.5 Å². The molecular formula is C11H15Cl2F3N2O2S. The molecular weight excluding hydrogens is 352 g/mol. The lowest BCUT2D eigenvalue weighted by molar-refractivity contribution is -0.139. The van der Waals surface area contributed by atoms with Gasteiger partial charge >= 0.3 is 6.18 Å². The van der Waals surface area contributed by atoms with Gasteiger partial charge in [0.05, 0.1) is 10.6 Å². The summed E-state index contributed by atoms with van der Waals surface area (Å²) in [6.07, 6.45) is -4.83. The van der Waals surface area contributed by atoms with Gasteiger partial charge in [-0.05, 0) is 26.0 Å². The Morgan fingerprint density at radius 2 is 1.81 bits per heavy atom. The van der Waals surface area contributed by atoms with Crippen molar-refractivity contribution < 1.29 is 21.6 Å². The zero-order valence-corrected chi connectivity index (χ0v) is 13.6. The van der Waals surface area contributed by atoms with Crippen molar-refractivity contribution in [1.29, 1.82) is 0 Å². The zero-order chi connectivity index (χ0) is 15.8. The molecule has 0 bridgehead atoms. The average molecular weight is 367 g/mol. The Hall–Kier alpha value is -0.540. The van der Waals surface area contributed by atoms with E-state index in [9.17, 15) is 21.6 Å². The van der Waals surface area contributed by atoms with Gasteiger partial charge in [0.25, 0.3) is 0 Å². The maximum Gasteiger partial charge on any atom is 0.417 e. The Kier molecular flexibility index (Phi) is 6.53. The number of hydrogen-bond donors (Lipinski definition) is 2. The lowest BCUT2D eigenvalue weighted by Crippen LogP contribution is -2.49. The minimum atomic E-state index is -4.83. The van der Waals surface area contributed by atoms with E-state index in [4.69, 9.17) is 17.3 Å². The summed E-state index contributed by atoms with van der Waals surface area (Å²) in [7, 11) is -4.46. The Morgan fingerprint density at radius 3 is 2.24 bits per heavy atom. The van der Waals surface area contributed by atoms with Crippen molar-refractivity contribution in [2.24, 2.45) is 5.73 Å². The second-order valence-electron chi connectivity index (χ2n) is 4.81. The highest BCUT2D eigenvalue weighted by molar-refractivity contribution is 7.89. The molecule has 0 radical (unpaired) electrons. The summed E-state index contributed by atoms with van der Waals surface area (Å²) in [5.41, 5.74) is 2.96. The molecule has 0 saturated heterocycles. The van der Waals surface area contributed by atoms with Crippen LogP contribution in [0.1, 0.15) is 19.4 Å². The fraction of sp³-hybridized carbons (Fsp3) is 0.455. The third-order valence-electron chi connectivity index (χ3n) is 2.46. The van der Waals surface area contributed by atoms with Gasteiger partial charge in [-0.3, -0.25) is 0 Å². The fourth-order valence-corrected chi connectivity index (χ4v) is 3.65. The summed E-state index contributed by atoms with van der Waals surface area (Å²) in [5, 5.41) is -0.500. The van der Waals surface area contributed by atoms with Gasteiger partial charge in [-0.1, -0.05) is 17.7 Å². The standard InChI is InChI=1S/C11H14ClF3N2O2S.ClH/c1-10(2,6-16)17-20(18,19)9-7(11(13,14)15)4-3-5-8(9)12;/h3-5,17H,6,16H2,1-2H3;1H. The molecule has 122 valence electrons. The van der Waals surface area contributed by atoms with Crippen LogP contribution in [-0.4, -0.2) is 20.5 Å². The lowest BCUT2D eigenvalue weighted by Gasteiger charge is -2.25. The average Bonchev–Trinajstić information content (AvgIpc) is 2.25. The Bertz CT molecular complexity index is 604. The first kappa shape index (κ1) is 20.5. The second-order valence-corrected chi connectivity index (χ2v) is 6.83. The van der Waals surface area contributed by atoms with E-state index in [1.54, 1.807) is 0 Å². The number of benzene rings is 1. The molecule has 0 saturated carbocycles. The quantitative estimate of drug-likeness (QED) is 0.860. The molecule has 1 aromatic carbocycles. The molecule has 21 heavy (non-hydrogen) atoms. The van der Waals surface area contributed by atoms with Crippen LogP contribution in [0.25, 0.3) is 0 Å². The van der Waals surface area contributed by atoms with E-state index in [0.717, 1.165) is 12.1 Å². The number of halogens is 5. The van der Waals surface area contributed by atoms with Crippen molar-refractivity contribution in [3.8, 4) is 0 Å². The van der Waals surface area contributed by atoms with E-state index in [0.29, 0.717) is 6.07 Å². The summed E-state index contributed by atoms with van der Waals surface area (Å²) < 4.78 is 65.1. The molecule has 0 fully saturated rings. The second kappa shape index (κ2) is 6.70. The first-order valence-corrected chi connectivity index (χ1v) is 7.36. The first-order chi connectivity index (χ1) is 8.91. The number of sulfonamides is 1. The van der Waals surface area contributed by atoms with Crippen LogP contribution >= 0.6 is 24.0 Å². The van der Waals surface area contributed by atoms with Crippen LogP contribution in [-0.2, 0) is 16.2 Å². The van der Waals surface area contributed by atoms with E-state index in [2.05, 4.69) is 4.72 Å². The normalized spacial score (nSPS) is 12.9. The monoisotopic (exact) mass is 366 g/mol. The first-order valence-electron chi connectivity index (χ1n) is 5.50. The van der Waals surface area contributed by atoms with Gasteiger partial charge in [-0.2, -0.15) is 13.2 Å². The van der Waals surface area contributed by atoms with Gasteiger partial charge in [0, 0.05) is 12.1 Å². The molecule has 0 heterocycles. The molecule has 0 spiro atoms. The van der Waals surface area contributed by atoms with Gasteiger partial charge in [0.2, 0.25) is 10.0 Å². The zero-order valence-electron chi connectivity index (χ0n) is 11.2. The molecule has 0 unspecified atom stereocenters. The van der Waals surface area contributed by atoms with Crippen molar-refractivity contribution >= 4 is 34.0 Å². The largest absolute Gasteiger partial charge is 0.417 e. The SMILES string of the molecule is CC(C)(CN)NS(=O)(=O)c1c(Cl)cccc1C(F)(F)F.Cl. The molecule has 3 N–H and O–H groups in total. The maximum atomic E-state index is 12.9. The number of rotatable bonds is 4. The van der Waals surface area contributed by atoms with Gasteiger partial charge in [0.1, 0.15) is 4.90 Å². The summed E-state index contributed by atoms with van der Waals surface area (Å²) in [4.78, 5) is -0.990. The number of nitrogens with two attached hydrogens (primary N) is 1. The molecule has 0 aromatic heterocycles. The highest BCUT2D eigenvalue weighted by atomic mass is 35.5. The van der Waals surface area contributed by atoms with Crippen LogP contribution in [0.4, 0.5) is 13.2 Å². The smallest absolute Gasteiger partial charge is 0.329 e. The molecule has 0 aliphatic rings. The van der Waals surface area contributed by atoms with Crippen molar-refractivity contribution in [2.75, 3.05) is 6.54 Å². The highest BCUT2D eigenvalue weighted by Crippen LogP contribution is 2.37. The van der Waals surface area contributed by atoms with Crippen LogP contribution in [0.2, 0.25) is 5.02 Å². The van der Waals surface area contributed by atoms with Crippen molar-refractivity contribution in [3.05, 3.63) is 28.8 Å². The van der Waals surface area contributed by atoms with Gasteiger partial charge in [-0.15, -0.1) is 12.4 Å². The fourth-order valence-electron chi connectivity index (χ4n) is 1.46. The number of hydrogen-bond acceptors (Lipinski definition) is 3. The number of alkyl halides is 3. The topological polar surface area (TPSA) is 72.2 Å². The number of nitrogens with one attached hydrogen (secondary N) is 1. The molecule has 10 heteroatoms. The van der Waals surface area contributed by atoms with Crippen molar-refractivity contribution in [1.82, 2.24) is 4.72 Å². The van der Waals surface area contributed by atoms with E-state index < -0.39 is 37.2 Å². The maximum absolute atomic E-state index is 12.9. The summed E-state index contributed by atoms with van der Waals surface area (Å²) in [5.74, 6) is 0. The minimum absolute atomic E-state index is 0. The summed E-state index contributed by atoms with van der Waals surface area (Å²) in [6, 6.07) is 2.79. The van der Waals surface area contributed by atoms with E-state index in [-0.39, 0.29) is 19.0 Å². The lowest BCUT2D eigenvalue weighted by atomic mass is 10.1. The highest BCUT2D eigenvalue weighted by Gasteiger charge is 2.39. The van der Waals surface area contributed by atoms with Crippen LogP contribution in [0.5, 0.6) is 0 Å². The van der Waals surface area contributed by atoms with Crippen LogP contribution in [0.3, 0.4) is 0 Å². The minimum Gasteiger partial charge on any atom is -0.329 e. The molecule has 0 aliphatic heterocycles. The van der Waals surface area contributed by atoms with E-state index >= 15 is 0 Å². The third kappa shape index (κ3) is 5.00. The summed E-state index contributed by atoms with van der Waals surface area (Å²) >= 11 is 5.64. The molecule has 0 aliphatic carbocycles. The molecule has 4 nitrogen and oxygen atoms in total. The Labute approximate surface area is 132 Å². The molecule has 0 amide bonds. The molecule has 1 rings (SSSR count). The Balaban J connectivity index is 0.00000400. The van der Waals surface area contributed by atoms with Gasteiger partial charge < -0.3 is 5.73 Å². The van der Waals surface area contributed by atoms with Crippen molar-refractivity contribution in [2.45, 2.75) is 30.5 Å². The molecule has 1 aromatic rings. The Morgan fingerprint density at radius 1 is 1.29 bits per heavy atom. The third-order valence-corrected chi connectivity index (χ3v) is 4.69. The van der Waals surface area contributed by atoms with Gasteiger partial charge in [-0.25, -0.2) is 13.1 Å². The predicted molar refractivity (Wildman–Crippen MR) is 77.2 cm³/mol.